The Morgan fingerprint density at radius 3 is 2.00 bits per heavy atom. The lowest BCUT2D eigenvalue weighted by molar-refractivity contribution is -0.149. The highest BCUT2D eigenvalue weighted by Gasteiger charge is 2.65. The summed E-state index contributed by atoms with van der Waals surface area (Å²) >= 11 is 0. The fraction of sp³-hybridized carbons (Fsp3) is 0.879. The number of carbonyl (C=O) groups is 1. The van der Waals surface area contributed by atoms with Gasteiger partial charge in [-0.1, -0.05) is 62.0 Å². The van der Waals surface area contributed by atoms with Crippen molar-refractivity contribution in [3.63, 3.8) is 0 Å². The molecule has 0 bridgehead atoms. The van der Waals surface area contributed by atoms with Crippen LogP contribution in [0.15, 0.2) is 17.9 Å². The van der Waals surface area contributed by atoms with Crippen LogP contribution in [0.1, 0.15) is 100 Å². The van der Waals surface area contributed by atoms with E-state index in [2.05, 4.69) is 93.9 Å². The molecular formula is C33H58O3Si2. The van der Waals surface area contributed by atoms with Gasteiger partial charge in [0.1, 0.15) is 0 Å². The lowest BCUT2D eigenvalue weighted by Crippen LogP contribution is -2.60. The van der Waals surface area contributed by atoms with E-state index >= 15 is 0 Å². The Hall–Kier alpha value is -0.456. The molecule has 0 heterocycles. The molecule has 0 spiro atoms. The van der Waals surface area contributed by atoms with Crippen molar-refractivity contribution in [2.24, 2.45) is 34.5 Å². The molecule has 0 aromatic heterocycles. The van der Waals surface area contributed by atoms with Gasteiger partial charge in [-0.05, 0) is 104 Å². The molecule has 3 nitrogen and oxygen atoms in total. The van der Waals surface area contributed by atoms with E-state index in [-0.39, 0.29) is 27.4 Å². The van der Waals surface area contributed by atoms with Crippen molar-refractivity contribution in [2.75, 3.05) is 0 Å². The van der Waals surface area contributed by atoms with E-state index in [1.165, 1.54) is 32.1 Å². The molecule has 0 unspecified atom stereocenters. The number of ketones is 1. The van der Waals surface area contributed by atoms with Gasteiger partial charge in [-0.3, -0.25) is 4.79 Å². The maximum Gasteiger partial charge on any atom is 0.192 e. The Bertz CT molecular complexity index is 995. The van der Waals surface area contributed by atoms with Gasteiger partial charge in [-0.2, -0.15) is 0 Å². The van der Waals surface area contributed by atoms with Gasteiger partial charge >= 0.3 is 0 Å². The van der Waals surface area contributed by atoms with Crippen LogP contribution in [-0.4, -0.2) is 34.6 Å². The molecule has 8 atom stereocenters. The average Bonchev–Trinajstić information content (AvgIpc) is 3.03. The predicted molar refractivity (Wildman–Crippen MR) is 164 cm³/mol. The second-order valence-electron chi connectivity index (χ2n) is 17.0. The lowest BCUT2D eigenvalue weighted by Gasteiger charge is -2.63. The molecule has 0 aromatic carbocycles. The SMILES string of the molecule is C=C=C1C(=O)C[C@H]2[C@@H]3CC[C@H]4C[C@@H](O[Si](C)(C)C(C)(C)C)CC[C@]4(C)[C@H]3C[C@@H](O[Si](C)(C)C(C)(C)C)[C@]12C. The van der Waals surface area contributed by atoms with Gasteiger partial charge in [0, 0.05) is 23.5 Å². The minimum absolute atomic E-state index is 0.0714. The highest BCUT2D eigenvalue weighted by atomic mass is 28.4. The summed E-state index contributed by atoms with van der Waals surface area (Å²) in [5.74, 6) is 2.53. The third-order valence-corrected chi connectivity index (χ3v) is 22.1. The fourth-order valence-corrected chi connectivity index (χ4v) is 11.3. The van der Waals surface area contributed by atoms with Crippen molar-refractivity contribution in [3.8, 4) is 0 Å². The molecule has 4 fully saturated rings. The molecule has 4 saturated carbocycles. The maximum atomic E-state index is 13.4. The Morgan fingerprint density at radius 1 is 0.868 bits per heavy atom. The molecule has 0 N–H and O–H groups in total. The summed E-state index contributed by atoms with van der Waals surface area (Å²) in [6.45, 7) is 32.6. The molecule has 4 rings (SSSR count). The molecular weight excluding hydrogens is 501 g/mol. The van der Waals surface area contributed by atoms with Crippen molar-refractivity contribution < 1.29 is 13.6 Å². The van der Waals surface area contributed by atoms with Gasteiger partial charge in [-0.25, -0.2) is 0 Å². The van der Waals surface area contributed by atoms with Crippen molar-refractivity contribution in [1.82, 2.24) is 0 Å². The van der Waals surface area contributed by atoms with E-state index in [1.807, 2.05) is 0 Å². The van der Waals surface area contributed by atoms with Crippen LogP contribution in [0, 0.1) is 34.5 Å². The number of rotatable bonds is 4. The quantitative estimate of drug-likeness (QED) is 0.196. The summed E-state index contributed by atoms with van der Waals surface area (Å²) in [5, 5.41) is 0.382. The standard InChI is InChI=1S/C33H58O3Si2/c1-14-25-28(34)20-27-24-16-15-22-19-23(35-37(10,11)30(2,3)4)17-18-32(22,8)26(24)21-29(33(25,27)9)36-38(12,13)31(5,6)7/h22-24,26-27,29H,1,15-21H2,2-13H3/t22-,23-,24+,26-,27-,29+,32-,33+/m0/s1. The topological polar surface area (TPSA) is 35.5 Å². The molecule has 0 aromatic rings. The van der Waals surface area contributed by atoms with E-state index in [0.717, 1.165) is 12.0 Å². The van der Waals surface area contributed by atoms with Gasteiger partial charge in [0.15, 0.2) is 22.4 Å². The number of hydrogen-bond acceptors (Lipinski definition) is 3. The first kappa shape index (κ1) is 30.5. The molecule has 4 aliphatic rings. The van der Waals surface area contributed by atoms with Crippen molar-refractivity contribution >= 4 is 22.4 Å². The zero-order valence-corrected chi connectivity index (χ0v) is 28.8. The molecule has 0 aliphatic heterocycles. The van der Waals surface area contributed by atoms with Crippen LogP contribution in [0.25, 0.3) is 0 Å². The Kier molecular flexibility index (Phi) is 7.66. The van der Waals surface area contributed by atoms with E-state index in [0.29, 0.717) is 41.6 Å². The van der Waals surface area contributed by atoms with Crippen LogP contribution in [-0.2, 0) is 13.6 Å². The van der Waals surface area contributed by atoms with Gasteiger partial charge in [0.25, 0.3) is 0 Å². The van der Waals surface area contributed by atoms with Crippen LogP contribution in [0.3, 0.4) is 0 Å². The maximum absolute atomic E-state index is 13.4. The van der Waals surface area contributed by atoms with Gasteiger partial charge in [0.2, 0.25) is 0 Å². The monoisotopic (exact) mass is 558 g/mol. The smallest absolute Gasteiger partial charge is 0.192 e. The third-order valence-electron chi connectivity index (χ3n) is 13.0. The summed E-state index contributed by atoms with van der Waals surface area (Å²) in [6, 6.07) is 0. The second kappa shape index (κ2) is 9.55. The normalized spacial score (nSPS) is 40.3. The highest BCUT2D eigenvalue weighted by molar-refractivity contribution is 6.74. The predicted octanol–water partition coefficient (Wildman–Crippen LogP) is 9.31. The Labute approximate surface area is 236 Å². The summed E-state index contributed by atoms with van der Waals surface area (Å²) in [5.41, 5.74) is 4.02. The molecule has 5 heteroatoms. The molecule has 38 heavy (non-hydrogen) atoms. The minimum atomic E-state index is -2.03. The van der Waals surface area contributed by atoms with Crippen molar-refractivity contribution in [1.29, 1.82) is 0 Å². The van der Waals surface area contributed by atoms with Gasteiger partial charge < -0.3 is 8.85 Å². The minimum Gasteiger partial charge on any atom is -0.414 e. The van der Waals surface area contributed by atoms with Crippen LogP contribution in [0.5, 0.6) is 0 Å². The van der Waals surface area contributed by atoms with Crippen LogP contribution < -0.4 is 0 Å². The summed E-state index contributed by atoms with van der Waals surface area (Å²) in [4.78, 5) is 13.4. The summed E-state index contributed by atoms with van der Waals surface area (Å²) < 4.78 is 14.3. The number of fused-ring (bicyclic) bond motifs is 5. The molecule has 0 amide bonds. The van der Waals surface area contributed by atoms with E-state index < -0.39 is 16.6 Å². The largest absolute Gasteiger partial charge is 0.414 e. The average molecular weight is 559 g/mol. The van der Waals surface area contributed by atoms with Crippen LogP contribution in [0.2, 0.25) is 36.3 Å². The van der Waals surface area contributed by atoms with Crippen molar-refractivity contribution in [3.05, 3.63) is 17.9 Å². The molecule has 0 radical (unpaired) electrons. The number of hydrogen-bond donors (Lipinski definition) is 0. The van der Waals surface area contributed by atoms with Gasteiger partial charge in [-0.15, -0.1) is 5.73 Å². The Balaban J connectivity index is 1.65. The lowest BCUT2D eigenvalue weighted by atomic mass is 9.44. The van der Waals surface area contributed by atoms with Gasteiger partial charge in [0.05, 0.1) is 6.10 Å². The van der Waals surface area contributed by atoms with E-state index in [4.69, 9.17) is 8.85 Å². The van der Waals surface area contributed by atoms with Crippen LogP contribution >= 0.6 is 0 Å². The molecule has 216 valence electrons. The van der Waals surface area contributed by atoms with Crippen LogP contribution in [0.4, 0.5) is 0 Å². The second-order valence-corrected chi connectivity index (χ2v) is 26.5. The zero-order valence-electron chi connectivity index (χ0n) is 26.8. The fourth-order valence-electron chi connectivity index (χ4n) is 8.49. The molecule has 0 saturated heterocycles. The zero-order chi connectivity index (χ0) is 28.7. The van der Waals surface area contributed by atoms with E-state index in [9.17, 15) is 4.79 Å². The third kappa shape index (κ3) is 4.75. The van der Waals surface area contributed by atoms with E-state index in [1.54, 1.807) is 0 Å². The number of Topliss-reactive ketones (excluding diaryl/α,β-unsaturated/α-hetero) is 1. The summed E-state index contributed by atoms with van der Waals surface area (Å²) in [7, 11) is -3.81. The van der Waals surface area contributed by atoms with Crippen molar-refractivity contribution in [2.45, 2.75) is 149 Å². The first-order valence-corrected chi connectivity index (χ1v) is 21.3. The summed E-state index contributed by atoms with van der Waals surface area (Å²) in [6.07, 6.45) is 8.34. The first-order valence-electron chi connectivity index (χ1n) is 15.5. The number of carbonyl (C=O) groups excluding carboxylic acids is 1. The first-order chi connectivity index (χ1) is 17.2. The Morgan fingerprint density at radius 2 is 1.45 bits per heavy atom. The highest BCUT2D eigenvalue weighted by Crippen LogP contribution is 2.68. The molecule has 4 aliphatic carbocycles.